The van der Waals surface area contributed by atoms with Crippen molar-refractivity contribution in [1.82, 2.24) is 4.90 Å². The first-order valence-corrected chi connectivity index (χ1v) is 5.14. The summed E-state index contributed by atoms with van der Waals surface area (Å²) >= 11 is 0. The molecule has 1 fully saturated rings. The molecule has 0 spiro atoms. The zero-order valence-electron chi connectivity index (χ0n) is 9.66. The second-order valence-corrected chi connectivity index (χ2v) is 4.58. The van der Waals surface area contributed by atoms with Crippen LogP contribution in [0.5, 0.6) is 0 Å². The van der Waals surface area contributed by atoms with Gasteiger partial charge in [0.1, 0.15) is 12.3 Å². The van der Waals surface area contributed by atoms with Gasteiger partial charge in [0.15, 0.2) is 0 Å². The molecule has 0 N–H and O–H groups in total. The van der Waals surface area contributed by atoms with Crippen LogP contribution in [-0.2, 0) is 9.47 Å². The van der Waals surface area contributed by atoms with Crippen LogP contribution < -0.4 is 0 Å². The molecule has 0 aromatic heterocycles. The van der Waals surface area contributed by atoms with Gasteiger partial charge in [0, 0.05) is 0 Å². The average molecular weight is 213 g/mol. The van der Waals surface area contributed by atoms with Crippen molar-refractivity contribution >= 4 is 6.09 Å². The second kappa shape index (κ2) is 4.66. The van der Waals surface area contributed by atoms with Crippen LogP contribution >= 0.6 is 0 Å². The fourth-order valence-electron chi connectivity index (χ4n) is 1.37. The quantitative estimate of drug-likeness (QED) is 0.626. The maximum atomic E-state index is 11.8. The number of amides is 1. The summed E-state index contributed by atoms with van der Waals surface area (Å²) < 4.78 is 10.5. The highest BCUT2D eigenvalue weighted by Gasteiger charge is 2.29. The molecule has 0 radical (unpaired) electrons. The van der Waals surface area contributed by atoms with Crippen molar-refractivity contribution in [2.24, 2.45) is 0 Å². The van der Waals surface area contributed by atoms with Crippen molar-refractivity contribution in [3.05, 3.63) is 12.7 Å². The SMILES string of the molecule is C=C[C@@H]1CCOCN1C(=O)OC(C)(C)C. The minimum Gasteiger partial charge on any atom is -0.444 e. The molecular formula is C11H19NO3. The Hall–Kier alpha value is -1.03. The van der Waals surface area contributed by atoms with Crippen molar-refractivity contribution in [3.63, 3.8) is 0 Å². The molecule has 0 aromatic rings. The summed E-state index contributed by atoms with van der Waals surface area (Å²) in [6, 6.07) is 0.0219. The minimum atomic E-state index is -0.472. The Kier molecular flexibility index (Phi) is 3.74. The molecule has 1 heterocycles. The molecule has 0 aromatic carbocycles. The minimum absolute atomic E-state index is 0.0219. The van der Waals surface area contributed by atoms with E-state index in [0.29, 0.717) is 6.61 Å². The molecule has 0 bridgehead atoms. The van der Waals surface area contributed by atoms with Crippen LogP contribution in [0.25, 0.3) is 0 Å². The molecular weight excluding hydrogens is 194 g/mol. The van der Waals surface area contributed by atoms with E-state index in [1.54, 1.807) is 11.0 Å². The molecule has 15 heavy (non-hydrogen) atoms. The molecule has 0 aliphatic carbocycles. The van der Waals surface area contributed by atoms with Crippen LogP contribution in [-0.4, -0.2) is 36.0 Å². The largest absolute Gasteiger partial charge is 0.444 e. The first kappa shape index (κ1) is 12.0. The number of nitrogens with zero attached hydrogens (tertiary/aromatic N) is 1. The van der Waals surface area contributed by atoms with Gasteiger partial charge in [-0.2, -0.15) is 0 Å². The Morgan fingerprint density at radius 1 is 1.60 bits per heavy atom. The molecule has 1 saturated heterocycles. The number of carbonyl (C=O) groups excluding carboxylic acids is 1. The summed E-state index contributed by atoms with van der Waals surface area (Å²) in [6.07, 6.45) is 2.20. The van der Waals surface area contributed by atoms with Crippen LogP contribution in [0.15, 0.2) is 12.7 Å². The standard InChI is InChI=1S/C11H19NO3/c1-5-9-6-7-14-8-12(9)10(13)15-11(2,3)4/h5,9H,1,6-8H2,2-4H3/t9-/m1/s1. The summed E-state index contributed by atoms with van der Waals surface area (Å²) in [4.78, 5) is 13.3. The zero-order chi connectivity index (χ0) is 11.5. The number of rotatable bonds is 1. The van der Waals surface area contributed by atoms with Gasteiger partial charge in [-0.1, -0.05) is 6.08 Å². The van der Waals surface area contributed by atoms with Gasteiger partial charge in [-0.05, 0) is 27.2 Å². The Labute approximate surface area is 90.8 Å². The molecule has 0 unspecified atom stereocenters. The Balaban J connectivity index is 2.60. The predicted molar refractivity (Wildman–Crippen MR) is 57.5 cm³/mol. The van der Waals surface area contributed by atoms with Crippen molar-refractivity contribution in [2.45, 2.75) is 38.8 Å². The fourth-order valence-corrected chi connectivity index (χ4v) is 1.37. The van der Waals surface area contributed by atoms with E-state index in [-0.39, 0.29) is 18.9 Å². The topological polar surface area (TPSA) is 38.8 Å². The van der Waals surface area contributed by atoms with Crippen LogP contribution in [0, 0.1) is 0 Å². The lowest BCUT2D eigenvalue weighted by Gasteiger charge is -2.34. The third kappa shape index (κ3) is 3.55. The molecule has 1 amide bonds. The highest BCUT2D eigenvalue weighted by molar-refractivity contribution is 5.68. The van der Waals surface area contributed by atoms with E-state index in [0.717, 1.165) is 6.42 Å². The van der Waals surface area contributed by atoms with Crippen LogP contribution in [0.4, 0.5) is 4.79 Å². The lowest BCUT2D eigenvalue weighted by atomic mass is 10.1. The van der Waals surface area contributed by atoms with Crippen molar-refractivity contribution in [3.8, 4) is 0 Å². The Morgan fingerprint density at radius 3 is 2.80 bits per heavy atom. The highest BCUT2D eigenvalue weighted by Crippen LogP contribution is 2.17. The zero-order valence-corrected chi connectivity index (χ0v) is 9.66. The van der Waals surface area contributed by atoms with Crippen LogP contribution in [0.2, 0.25) is 0 Å². The van der Waals surface area contributed by atoms with Crippen LogP contribution in [0.3, 0.4) is 0 Å². The van der Waals surface area contributed by atoms with E-state index in [2.05, 4.69) is 6.58 Å². The molecule has 1 aliphatic rings. The lowest BCUT2D eigenvalue weighted by molar-refractivity contribution is -0.0502. The van der Waals surface area contributed by atoms with Gasteiger partial charge < -0.3 is 9.47 Å². The van der Waals surface area contributed by atoms with Crippen molar-refractivity contribution in [1.29, 1.82) is 0 Å². The molecule has 0 saturated carbocycles. The second-order valence-electron chi connectivity index (χ2n) is 4.58. The van der Waals surface area contributed by atoms with Crippen molar-refractivity contribution in [2.75, 3.05) is 13.3 Å². The first-order chi connectivity index (χ1) is 6.94. The van der Waals surface area contributed by atoms with E-state index in [4.69, 9.17) is 9.47 Å². The van der Waals surface area contributed by atoms with E-state index < -0.39 is 5.60 Å². The van der Waals surface area contributed by atoms with Gasteiger partial charge in [0.2, 0.25) is 0 Å². The van der Waals surface area contributed by atoms with Gasteiger partial charge in [0.25, 0.3) is 0 Å². The summed E-state index contributed by atoms with van der Waals surface area (Å²) in [5.74, 6) is 0. The summed E-state index contributed by atoms with van der Waals surface area (Å²) in [7, 11) is 0. The monoisotopic (exact) mass is 213 g/mol. The van der Waals surface area contributed by atoms with Gasteiger partial charge in [-0.3, -0.25) is 4.90 Å². The predicted octanol–water partition coefficient (Wildman–Crippen LogP) is 2.16. The third-order valence-corrected chi connectivity index (χ3v) is 2.09. The van der Waals surface area contributed by atoms with Gasteiger partial charge >= 0.3 is 6.09 Å². The summed E-state index contributed by atoms with van der Waals surface area (Å²) in [6.45, 7) is 10.2. The smallest absolute Gasteiger partial charge is 0.412 e. The summed E-state index contributed by atoms with van der Waals surface area (Å²) in [5.41, 5.74) is -0.472. The number of hydrogen-bond acceptors (Lipinski definition) is 3. The van der Waals surface area contributed by atoms with E-state index in [1.165, 1.54) is 0 Å². The third-order valence-electron chi connectivity index (χ3n) is 2.09. The van der Waals surface area contributed by atoms with Gasteiger partial charge in [0.05, 0.1) is 12.6 Å². The highest BCUT2D eigenvalue weighted by atomic mass is 16.6. The Morgan fingerprint density at radius 2 is 2.27 bits per heavy atom. The number of hydrogen-bond donors (Lipinski definition) is 0. The van der Waals surface area contributed by atoms with Gasteiger partial charge in [-0.15, -0.1) is 6.58 Å². The molecule has 86 valence electrons. The van der Waals surface area contributed by atoms with Gasteiger partial charge in [-0.25, -0.2) is 4.79 Å². The van der Waals surface area contributed by atoms with Crippen molar-refractivity contribution < 1.29 is 14.3 Å². The molecule has 4 nitrogen and oxygen atoms in total. The van der Waals surface area contributed by atoms with Crippen LogP contribution in [0.1, 0.15) is 27.2 Å². The Bertz CT molecular complexity index is 245. The molecule has 1 atom stereocenters. The average Bonchev–Trinajstić information content (AvgIpc) is 2.15. The maximum absolute atomic E-state index is 11.8. The normalized spacial score (nSPS) is 22.3. The van der Waals surface area contributed by atoms with E-state index in [9.17, 15) is 4.79 Å². The molecule has 1 aliphatic heterocycles. The summed E-state index contributed by atoms with van der Waals surface area (Å²) in [5, 5.41) is 0. The lowest BCUT2D eigenvalue weighted by Crippen LogP contribution is -2.47. The number of ether oxygens (including phenoxy) is 2. The molecule has 1 rings (SSSR count). The van der Waals surface area contributed by atoms with E-state index in [1.807, 2.05) is 20.8 Å². The fraction of sp³-hybridized carbons (Fsp3) is 0.727. The van der Waals surface area contributed by atoms with E-state index >= 15 is 0 Å². The first-order valence-electron chi connectivity index (χ1n) is 5.14. The number of carbonyl (C=O) groups is 1. The molecule has 4 heteroatoms. The maximum Gasteiger partial charge on any atom is 0.412 e.